The number of anilines is 6. The van der Waals surface area contributed by atoms with E-state index in [1.165, 1.54) is 81.5 Å². The summed E-state index contributed by atoms with van der Waals surface area (Å²) in [5.74, 6) is 0. The normalized spacial score (nSPS) is 12.5. The molecule has 0 N–H and O–H groups in total. The van der Waals surface area contributed by atoms with Crippen molar-refractivity contribution in [1.82, 2.24) is 0 Å². The van der Waals surface area contributed by atoms with Crippen LogP contribution < -0.4 is 56.0 Å². The Kier molecular flexibility index (Phi) is 26.4. The third-order valence-electron chi connectivity index (χ3n) is 16.1. The molecule has 11 aromatic carbocycles. The van der Waals surface area contributed by atoms with E-state index in [-0.39, 0.29) is 43.3 Å². The van der Waals surface area contributed by atoms with Crippen molar-refractivity contribution < 1.29 is 23.5 Å². The van der Waals surface area contributed by atoms with Crippen molar-refractivity contribution in [3.63, 3.8) is 0 Å². The van der Waals surface area contributed by atoms with Crippen LogP contribution in [-0.4, -0.2) is 20.7 Å². The molecule has 448 valence electrons. The first-order chi connectivity index (χ1) is 43.0. The molecule has 0 amide bonds. The standard InChI is InChI=1S/C33H26BBr2N.C21H18BrN.C13H11BBr2O.C6H4BrI.C4H9.Li/c1-33(2)25-11-3-9-17-31(25)37(32-18-10-4-12-26(32)33)24-21-19-23(20-22-24)34(27-13-5-7-15-29(27)35)28-14-6-8-16-30(28)36;1-21(2)17-7-3-5-9-19(17)23(16-13-11-15(22)12-14-16)20-10-6-4-8-18(20)21;1-17-14(10-6-2-4-8-12(10)15)11-7-3-5-9-13(11)16;7-5-3-1-2-4-6(5)8;1-3-4-2;/h3-22H,1-2H3;3-14H,1-2H3;2-9H,1H3;1-4H;1,3-4H2,2H3;/q;;;;-1;+1. The van der Waals surface area contributed by atoms with Gasteiger partial charge >= 0.3 is 25.8 Å². The topological polar surface area (TPSA) is 15.7 Å². The van der Waals surface area contributed by atoms with E-state index < -0.39 is 0 Å². The SMILES string of the molecule is Brc1ccccc1I.CC1(C)c2ccccc2N(c2ccc(B(c3ccccc3Br)c3ccccc3Br)cc2)c2ccccc21.CC1(C)c2ccccc2N(c2ccc(Br)cc2)c2ccccc21.COB(c1ccccc1Br)c1ccccc1Br.[CH2-]CCC.[Li+]. The zero-order valence-electron chi connectivity index (χ0n) is 51.6. The third-order valence-corrected chi connectivity index (χ3v) is 21.9. The van der Waals surface area contributed by atoms with Crippen LogP contribution in [0.15, 0.2) is 294 Å². The molecule has 0 aromatic heterocycles. The number of hydrogen-bond acceptors (Lipinski definition) is 3. The van der Waals surface area contributed by atoms with Crippen LogP contribution in [0.25, 0.3) is 0 Å². The molecule has 11 aromatic rings. The van der Waals surface area contributed by atoms with Gasteiger partial charge in [-0.15, -0.1) is 0 Å². The van der Waals surface area contributed by atoms with Gasteiger partial charge in [0.2, 0.25) is 6.71 Å². The molecule has 0 aliphatic carbocycles. The van der Waals surface area contributed by atoms with Crippen LogP contribution >= 0.6 is 118 Å². The second-order valence-corrected chi connectivity index (χ2v) is 28.8. The van der Waals surface area contributed by atoms with E-state index in [0.717, 1.165) is 45.4 Å². The molecule has 0 saturated heterocycles. The maximum Gasteiger partial charge on any atom is 1.00 e. The molecule has 13 heteroatoms. The largest absolute Gasteiger partial charge is 1.00 e. The van der Waals surface area contributed by atoms with Gasteiger partial charge in [-0.1, -0.05) is 307 Å². The Balaban J connectivity index is 0.000000168. The second kappa shape index (κ2) is 33.4. The van der Waals surface area contributed by atoms with Gasteiger partial charge in [-0.05, 0) is 169 Å². The fourth-order valence-corrected chi connectivity index (χ4v) is 14.4. The molecular weight excluding hydrogens is 1600 g/mol. The summed E-state index contributed by atoms with van der Waals surface area (Å²) in [6.07, 6.45) is 2.28. The molecule has 0 atom stereocenters. The van der Waals surface area contributed by atoms with E-state index in [2.05, 4.69) is 382 Å². The van der Waals surface area contributed by atoms with E-state index in [0.29, 0.717) is 0 Å². The Bertz CT molecular complexity index is 3940. The molecule has 13 rings (SSSR count). The summed E-state index contributed by atoms with van der Waals surface area (Å²) in [5, 5.41) is 0. The number of para-hydroxylation sites is 4. The first kappa shape index (κ1) is 71.2. The summed E-state index contributed by atoms with van der Waals surface area (Å²) < 4.78 is 13.5. The van der Waals surface area contributed by atoms with Gasteiger partial charge in [0.25, 0.3) is 0 Å². The quantitative estimate of drug-likeness (QED) is 0.0814. The second-order valence-electron chi connectivity index (χ2n) is 22.5. The van der Waals surface area contributed by atoms with Crippen LogP contribution in [0.1, 0.15) is 69.7 Å². The van der Waals surface area contributed by atoms with Crippen molar-refractivity contribution in [2.75, 3.05) is 16.9 Å². The van der Waals surface area contributed by atoms with E-state index in [9.17, 15) is 0 Å². The maximum atomic E-state index is 5.62. The predicted molar refractivity (Wildman–Crippen MR) is 415 cm³/mol. The number of hydrogen-bond donors (Lipinski definition) is 0. The summed E-state index contributed by atoms with van der Waals surface area (Å²) in [7, 11) is 1.73. The zero-order valence-corrected chi connectivity index (χ0v) is 63.3. The third kappa shape index (κ3) is 16.4. The van der Waals surface area contributed by atoms with Gasteiger partial charge in [0.1, 0.15) is 0 Å². The maximum absolute atomic E-state index is 5.62. The molecule has 3 nitrogen and oxygen atoms in total. The van der Waals surface area contributed by atoms with E-state index in [4.69, 9.17) is 4.65 Å². The van der Waals surface area contributed by atoms with Crippen LogP contribution in [0, 0.1) is 10.5 Å². The van der Waals surface area contributed by atoms with Gasteiger partial charge in [-0.25, -0.2) is 0 Å². The Morgan fingerprint density at radius 3 is 0.956 bits per heavy atom. The average Bonchev–Trinajstić information content (AvgIpc) is 0.740. The van der Waals surface area contributed by atoms with Gasteiger partial charge in [0.15, 0.2) is 0 Å². The molecule has 0 fully saturated rings. The van der Waals surface area contributed by atoms with E-state index in [1.807, 2.05) is 54.6 Å². The smallest absolute Gasteiger partial charge is 0.430 e. The molecule has 0 saturated carbocycles. The van der Waals surface area contributed by atoms with Crippen molar-refractivity contribution >= 4 is 193 Å². The molecule has 2 aliphatic heterocycles. The molecular formula is C77H68B2Br6ILiN2O. The average molecular weight is 1670 g/mol. The van der Waals surface area contributed by atoms with Gasteiger partial charge in [0, 0.05) is 59.7 Å². The fraction of sp³-hybridized carbons (Fsp3) is 0.130. The Labute approximate surface area is 611 Å². The van der Waals surface area contributed by atoms with Gasteiger partial charge in [-0.2, -0.15) is 6.42 Å². The Morgan fingerprint density at radius 2 is 0.667 bits per heavy atom. The summed E-state index contributed by atoms with van der Waals surface area (Å²) in [5.41, 5.74) is 18.7. The summed E-state index contributed by atoms with van der Waals surface area (Å²) in [6, 6.07) is 94.0. The predicted octanol–water partition coefficient (Wildman–Crippen LogP) is 19.0. The minimum absolute atomic E-state index is 0. The number of nitrogens with zero attached hydrogens (tertiary/aromatic N) is 2. The molecule has 2 heterocycles. The molecule has 90 heavy (non-hydrogen) atoms. The first-order valence-corrected chi connectivity index (χ1v) is 35.4. The Morgan fingerprint density at radius 1 is 0.389 bits per heavy atom. The minimum Gasteiger partial charge on any atom is -0.430 e. The molecule has 0 unspecified atom stereocenters. The fourth-order valence-electron chi connectivity index (χ4n) is 11.5. The van der Waals surface area contributed by atoms with Gasteiger partial charge < -0.3 is 21.4 Å². The van der Waals surface area contributed by atoms with Crippen LogP contribution in [-0.2, 0) is 15.5 Å². The molecule has 0 radical (unpaired) electrons. The van der Waals surface area contributed by atoms with Crippen LogP contribution in [0.5, 0.6) is 0 Å². The monoisotopic (exact) mass is 1670 g/mol. The van der Waals surface area contributed by atoms with Gasteiger partial charge in [0.05, 0.1) is 22.7 Å². The summed E-state index contributed by atoms with van der Waals surface area (Å²) in [6.45, 7) is 15.0. The van der Waals surface area contributed by atoms with E-state index >= 15 is 0 Å². The summed E-state index contributed by atoms with van der Waals surface area (Å²) in [4.78, 5) is 4.77. The molecule has 2 aliphatic rings. The van der Waals surface area contributed by atoms with Crippen LogP contribution in [0.4, 0.5) is 34.1 Å². The first-order valence-electron chi connectivity index (χ1n) is 29.5. The van der Waals surface area contributed by atoms with Crippen LogP contribution in [0.3, 0.4) is 0 Å². The van der Waals surface area contributed by atoms with Crippen molar-refractivity contribution in [3.8, 4) is 0 Å². The number of halogens is 7. The van der Waals surface area contributed by atoms with Crippen LogP contribution in [0.2, 0.25) is 0 Å². The van der Waals surface area contributed by atoms with E-state index in [1.54, 1.807) is 7.11 Å². The number of fused-ring (bicyclic) bond motifs is 4. The molecule has 0 bridgehead atoms. The Hall–Kier alpha value is -4.68. The zero-order chi connectivity index (χ0) is 63.2. The number of unbranched alkanes of at least 4 members (excludes halogenated alkanes) is 1. The van der Waals surface area contributed by atoms with Crippen molar-refractivity contribution in [2.24, 2.45) is 0 Å². The minimum atomic E-state index is -0.0684. The van der Waals surface area contributed by atoms with Crippen molar-refractivity contribution in [1.29, 1.82) is 0 Å². The van der Waals surface area contributed by atoms with Crippen molar-refractivity contribution in [2.45, 2.75) is 58.3 Å². The van der Waals surface area contributed by atoms with Crippen molar-refractivity contribution in [3.05, 3.63) is 327 Å². The number of benzene rings is 11. The number of rotatable bonds is 9. The molecule has 0 spiro atoms. The van der Waals surface area contributed by atoms with Gasteiger partial charge in [-0.3, -0.25) is 0 Å². The summed E-state index contributed by atoms with van der Waals surface area (Å²) >= 11 is 24.0.